The van der Waals surface area contributed by atoms with Crippen LogP contribution in [-0.4, -0.2) is 20.1 Å². The number of hydrogen-bond acceptors (Lipinski definition) is 6. The van der Waals surface area contributed by atoms with Gasteiger partial charge < -0.3 is 21.0 Å². The summed E-state index contributed by atoms with van der Waals surface area (Å²) in [6.45, 7) is 1.65. The molecule has 0 atom stereocenters. The maximum absolute atomic E-state index is 7.51. The number of hydrogen-bond donors (Lipinski definition) is 1. The average molecular weight is 230 g/mol. The van der Waals surface area contributed by atoms with Crippen LogP contribution in [0, 0.1) is 6.92 Å². The zero-order valence-electron chi connectivity index (χ0n) is 8.35. The minimum absolute atomic E-state index is 0. The first-order valence-corrected chi connectivity index (χ1v) is 3.81. The van der Waals surface area contributed by atoms with Crippen LogP contribution < -0.4 is 57.1 Å². The Morgan fingerprint density at radius 1 is 1.40 bits per heavy atom. The molecule has 0 spiro atoms. The maximum Gasteiger partial charge on any atom is 1.00 e. The minimum Gasteiger partial charge on any atom is -0.481 e. The first-order chi connectivity index (χ1) is 6.68. The van der Waals surface area contributed by atoms with E-state index in [1.165, 1.54) is 6.33 Å². The zero-order chi connectivity index (χ0) is 10.1. The van der Waals surface area contributed by atoms with Gasteiger partial charge in [0.15, 0.2) is 0 Å². The smallest absolute Gasteiger partial charge is 0.481 e. The molecule has 0 aliphatic rings. The van der Waals surface area contributed by atoms with Crippen LogP contribution in [0.3, 0.4) is 0 Å². The summed E-state index contributed by atoms with van der Waals surface area (Å²) < 4.78 is 4.77. The first kappa shape index (κ1) is 12.5. The van der Waals surface area contributed by atoms with Gasteiger partial charge in [-0.1, -0.05) is 5.16 Å². The predicted octanol–water partition coefficient (Wildman–Crippen LogP) is -1.90. The summed E-state index contributed by atoms with van der Waals surface area (Å²) in [7, 11) is 0. The molecular weight excluding hydrogens is 223 g/mol. The molecule has 0 radical (unpaired) electrons. The standard InChI is InChI=1S/C7H7N6O.K/c1-3-12-7(13-14-3)4-5(8)10-2-11-6(4)9;/h2H,1H3,(H3-,8,9,10,11);/q-1;+1. The molecule has 0 bridgehead atoms. The molecule has 0 saturated carbocycles. The molecule has 2 heterocycles. The van der Waals surface area contributed by atoms with Crippen molar-refractivity contribution < 1.29 is 55.9 Å². The van der Waals surface area contributed by atoms with Crippen molar-refractivity contribution in [3.63, 3.8) is 0 Å². The van der Waals surface area contributed by atoms with Gasteiger partial charge in [0.1, 0.15) is 5.82 Å². The van der Waals surface area contributed by atoms with E-state index in [-0.39, 0.29) is 68.8 Å². The van der Waals surface area contributed by atoms with Gasteiger partial charge >= 0.3 is 51.4 Å². The van der Waals surface area contributed by atoms with E-state index in [2.05, 4.69) is 20.1 Å². The third-order valence-corrected chi connectivity index (χ3v) is 1.63. The van der Waals surface area contributed by atoms with Gasteiger partial charge in [-0.25, -0.2) is 4.98 Å². The number of anilines is 1. The van der Waals surface area contributed by atoms with Crippen LogP contribution in [0.4, 0.5) is 11.6 Å². The van der Waals surface area contributed by atoms with Gasteiger partial charge in [0.05, 0.1) is 5.56 Å². The molecule has 0 saturated heterocycles. The largest absolute Gasteiger partial charge is 1.00 e. The van der Waals surface area contributed by atoms with Crippen molar-refractivity contribution >= 4 is 11.6 Å². The quantitative estimate of drug-likeness (QED) is 0.572. The molecule has 2 aromatic heterocycles. The van der Waals surface area contributed by atoms with Gasteiger partial charge in [0, 0.05) is 13.3 Å². The number of nitrogens with one attached hydrogen (secondary N) is 1. The van der Waals surface area contributed by atoms with Crippen LogP contribution in [0.15, 0.2) is 10.9 Å². The molecular formula is C7H7KN6O. The van der Waals surface area contributed by atoms with Crippen LogP contribution >= 0.6 is 0 Å². The Morgan fingerprint density at radius 3 is 2.67 bits per heavy atom. The molecule has 2 aromatic rings. The topological polar surface area (TPSA) is 115 Å². The van der Waals surface area contributed by atoms with Gasteiger partial charge in [-0.15, -0.1) is 0 Å². The molecule has 0 aromatic carbocycles. The fourth-order valence-electron chi connectivity index (χ4n) is 1.02. The molecule has 3 N–H and O–H groups in total. The normalized spacial score (nSPS) is 9.67. The summed E-state index contributed by atoms with van der Waals surface area (Å²) in [5.74, 6) is 0.803. The number of aryl methyl sites for hydroxylation is 1. The Labute approximate surface area is 128 Å². The fraction of sp³-hybridized carbons (Fsp3) is 0.143. The Balaban J connectivity index is 0.00000112. The Hall–Kier alpha value is -0.544. The molecule has 15 heavy (non-hydrogen) atoms. The van der Waals surface area contributed by atoms with Crippen molar-refractivity contribution in [3.05, 3.63) is 18.0 Å². The number of rotatable bonds is 1. The summed E-state index contributed by atoms with van der Waals surface area (Å²) in [6, 6.07) is 0. The van der Waals surface area contributed by atoms with Crippen molar-refractivity contribution in [2.45, 2.75) is 6.92 Å². The molecule has 0 aliphatic heterocycles. The van der Waals surface area contributed by atoms with E-state index < -0.39 is 0 Å². The second-order valence-electron chi connectivity index (χ2n) is 2.62. The van der Waals surface area contributed by atoms with Crippen molar-refractivity contribution in [1.29, 1.82) is 0 Å². The summed E-state index contributed by atoms with van der Waals surface area (Å²) in [6.07, 6.45) is 1.22. The zero-order valence-corrected chi connectivity index (χ0v) is 11.5. The molecule has 2 rings (SSSR count). The summed E-state index contributed by atoms with van der Waals surface area (Å²) in [5.41, 5.74) is 13.4. The van der Waals surface area contributed by atoms with E-state index in [9.17, 15) is 0 Å². The monoisotopic (exact) mass is 230 g/mol. The molecule has 0 unspecified atom stereocenters. The molecule has 0 aliphatic carbocycles. The molecule has 72 valence electrons. The average Bonchev–Trinajstić information content (AvgIpc) is 2.51. The van der Waals surface area contributed by atoms with Crippen LogP contribution in [0.25, 0.3) is 17.1 Å². The van der Waals surface area contributed by atoms with Gasteiger partial charge in [-0.05, 0) is 5.82 Å². The van der Waals surface area contributed by atoms with E-state index in [1.807, 2.05) is 0 Å². The van der Waals surface area contributed by atoms with E-state index in [0.717, 1.165) is 0 Å². The fourth-order valence-corrected chi connectivity index (χ4v) is 1.02. The summed E-state index contributed by atoms with van der Waals surface area (Å²) in [4.78, 5) is 11.4. The molecule has 0 amide bonds. The molecule has 8 heteroatoms. The Kier molecular flexibility index (Phi) is 4.17. The third kappa shape index (κ3) is 2.52. The van der Waals surface area contributed by atoms with Crippen molar-refractivity contribution in [1.82, 2.24) is 20.1 Å². The second-order valence-corrected chi connectivity index (χ2v) is 2.62. The van der Waals surface area contributed by atoms with Crippen LogP contribution in [0.2, 0.25) is 0 Å². The van der Waals surface area contributed by atoms with E-state index in [1.54, 1.807) is 6.92 Å². The van der Waals surface area contributed by atoms with E-state index >= 15 is 0 Å². The number of nitrogen functional groups attached to an aromatic ring is 1. The molecule has 7 nitrogen and oxygen atoms in total. The third-order valence-electron chi connectivity index (χ3n) is 1.63. The number of nitrogens with zero attached hydrogens (tertiary/aromatic N) is 4. The van der Waals surface area contributed by atoms with E-state index in [0.29, 0.717) is 11.5 Å². The predicted molar refractivity (Wildman–Crippen MR) is 48.5 cm³/mol. The molecule has 0 fully saturated rings. The Morgan fingerprint density at radius 2 is 2.13 bits per heavy atom. The minimum atomic E-state index is -0.0155. The summed E-state index contributed by atoms with van der Waals surface area (Å²) in [5, 5.41) is 3.64. The van der Waals surface area contributed by atoms with Crippen LogP contribution in [0.5, 0.6) is 0 Å². The van der Waals surface area contributed by atoms with Crippen molar-refractivity contribution in [2.75, 3.05) is 5.73 Å². The van der Waals surface area contributed by atoms with Crippen molar-refractivity contribution in [3.8, 4) is 11.4 Å². The SMILES string of the molecule is Cc1nc(-c2c([NH-])ncnc2N)no1.[K+]. The Bertz CT molecular complexity index is 450. The number of aromatic nitrogens is 4. The number of nitrogens with two attached hydrogens (primary N) is 1. The van der Waals surface area contributed by atoms with Crippen LogP contribution in [-0.2, 0) is 0 Å². The first-order valence-electron chi connectivity index (χ1n) is 3.81. The van der Waals surface area contributed by atoms with Gasteiger partial charge in [0.2, 0.25) is 11.7 Å². The van der Waals surface area contributed by atoms with Gasteiger partial charge in [-0.2, -0.15) is 4.98 Å². The van der Waals surface area contributed by atoms with Gasteiger partial charge in [-0.3, -0.25) is 0 Å². The van der Waals surface area contributed by atoms with Gasteiger partial charge in [0.25, 0.3) is 0 Å². The van der Waals surface area contributed by atoms with Crippen LogP contribution in [0.1, 0.15) is 5.89 Å². The van der Waals surface area contributed by atoms with E-state index in [4.69, 9.17) is 16.0 Å². The summed E-state index contributed by atoms with van der Waals surface area (Å²) >= 11 is 0. The second kappa shape index (κ2) is 4.99. The van der Waals surface area contributed by atoms with Crippen molar-refractivity contribution in [2.24, 2.45) is 0 Å². The maximum atomic E-state index is 7.51.